The molecule has 2 aromatic heterocycles. The third-order valence-electron chi connectivity index (χ3n) is 3.34. The molecule has 0 amide bonds. The summed E-state index contributed by atoms with van der Waals surface area (Å²) in [5, 5.41) is 0. The van der Waals surface area contributed by atoms with Gasteiger partial charge in [-0.15, -0.1) is 0 Å². The number of imidazole rings is 1. The van der Waals surface area contributed by atoms with Crippen LogP contribution in [0.5, 0.6) is 0 Å². The molecule has 0 saturated carbocycles. The van der Waals surface area contributed by atoms with Crippen molar-refractivity contribution >= 4 is 11.0 Å². The Morgan fingerprint density at radius 3 is 2.60 bits per heavy atom. The molecule has 3 nitrogen and oxygen atoms in total. The highest BCUT2D eigenvalue weighted by Gasteiger charge is 2.20. The lowest BCUT2D eigenvalue weighted by molar-refractivity contribution is -0.675. The van der Waals surface area contributed by atoms with Crippen molar-refractivity contribution in [1.29, 1.82) is 0 Å². The van der Waals surface area contributed by atoms with E-state index in [1.165, 1.54) is 22.4 Å². The van der Waals surface area contributed by atoms with Gasteiger partial charge >= 0.3 is 0 Å². The molecule has 0 radical (unpaired) electrons. The molecule has 0 unspecified atom stereocenters. The molecule has 0 spiro atoms. The molecule has 2 heterocycles. The second kappa shape index (κ2) is 3.33. The summed E-state index contributed by atoms with van der Waals surface area (Å²) in [5.74, 6) is 1.28. The van der Waals surface area contributed by atoms with Crippen LogP contribution in [0.15, 0.2) is 6.20 Å². The lowest BCUT2D eigenvalue weighted by Crippen LogP contribution is -2.35. The standard InChI is InChI=1S/C12H18N3/c1-6-15-10(4)14(5)11-7-13-9(3)8(2)12(11)15/h7H,6H2,1-5H3/q+1. The second-order valence-electron chi connectivity index (χ2n) is 4.05. The molecule has 0 N–H and O–H groups in total. The van der Waals surface area contributed by atoms with Gasteiger partial charge in [0.15, 0.2) is 11.0 Å². The summed E-state index contributed by atoms with van der Waals surface area (Å²) in [7, 11) is 2.10. The molecule has 0 aliphatic rings. The zero-order chi connectivity index (χ0) is 11.2. The normalized spacial score (nSPS) is 11.3. The first-order valence-electron chi connectivity index (χ1n) is 5.39. The van der Waals surface area contributed by atoms with Crippen molar-refractivity contribution in [3.63, 3.8) is 0 Å². The van der Waals surface area contributed by atoms with Crippen LogP contribution in [0.4, 0.5) is 0 Å². The van der Waals surface area contributed by atoms with Crippen LogP contribution in [0.3, 0.4) is 0 Å². The lowest BCUT2D eigenvalue weighted by atomic mass is 10.2. The van der Waals surface area contributed by atoms with Crippen LogP contribution in [0.1, 0.15) is 24.0 Å². The molecule has 0 aromatic carbocycles. The molecule has 80 valence electrons. The van der Waals surface area contributed by atoms with Crippen LogP contribution in [0.2, 0.25) is 0 Å². The number of hydrogen-bond acceptors (Lipinski definition) is 1. The number of aryl methyl sites for hydroxylation is 4. The smallest absolute Gasteiger partial charge is 0.254 e. The average molecular weight is 204 g/mol. The van der Waals surface area contributed by atoms with Gasteiger partial charge in [0.2, 0.25) is 0 Å². The highest BCUT2D eigenvalue weighted by atomic mass is 15.2. The van der Waals surface area contributed by atoms with Crippen LogP contribution in [0, 0.1) is 20.8 Å². The molecular weight excluding hydrogens is 186 g/mol. The van der Waals surface area contributed by atoms with Crippen molar-refractivity contribution in [3.8, 4) is 0 Å². The highest BCUT2D eigenvalue weighted by molar-refractivity contribution is 5.75. The lowest BCUT2D eigenvalue weighted by Gasteiger charge is -1.99. The molecular formula is C12H18N3+. The van der Waals surface area contributed by atoms with E-state index >= 15 is 0 Å². The summed E-state index contributed by atoms with van der Waals surface area (Å²) < 4.78 is 4.55. The van der Waals surface area contributed by atoms with Crippen molar-refractivity contribution in [2.45, 2.75) is 34.2 Å². The zero-order valence-corrected chi connectivity index (χ0v) is 10.1. The number of nitrogens with zero attached hydrogens (tertiary/aromatic N) is 3. The molecule has 15 heavy (non-hydrogen) atoms. The Kier molecular flexibility index (Phi) is 2.25. The Labute approximate surface area is 90.4 Å². The van der Waals surface area contributed by atoms with Gasteiger partial charge in [0.25, 0.3) is 5.82 Å². The highest BCUT2D eigenvalue weighted by Crippen LogP contribution is 2.17. The molecule has 3 heteroatoms. The summed E-state index contributed by atoms with van der Waals surface area (Å²) in [5.41, 5.74) is 4.95. The maximum absolute atomic E-state index is 4.42. The van der Waals surface area contributed by atoms with Gasteiger partial charge < -0.3 is 0 Å². The Bertz CT molecular complexity index is 523. The summed E-state index contributed by atoms with van der Waals surface area (Å²) in [6, 6.07) is 0. The minimum Gasteiger partial charge on any atom is -0.257 e. The maximum atomic E-state index is 4.42. The van der Waals surface area contributed by atoms with E-state index in [0.717, 1.165) is 12.2 Å². The SMILES string of the molecule is CC[n+]1c(C)n(C)c2cnc(C)c(C)c21. The molecule has 0 saturated heterocycles. The Hall–Kier alpha value is -1.38. The average Bonchev–Trinajstić information content (AvgIpc) is 2.47. The first-order chi connectivity index (χ1) is 7.07. The topological polar surface area (TPSA) is 21.7 Å². The molecule has 0 aliphatic heterocycles. The third kappa shape index (κ3) is 1.26. The van der Waals surface area contributed by atoms with E-state index in [0.29, 0.717) is 0 Å². The van der Waals surface area contributed by atoms with Gasteiger partial charge in [0.1, 0.15) is 0 Å². The van der Waals surface area contributed by atoms with E-state index in [1.807, 2.05) is 6.20 Å². The Morgan fingerprint density at radius 2 is 2.00 bits per heavy atom. The van der Waals surface area contributed by atoms with Crippen LogP contribution < -0.4 is 4.57 Å². The van der Waals surface area contributed by atoms with Gasteiger partial charge in [0.05, 0.1) is 19.8 Å². The summed E-state index contributed by atoms with van der Waals surface area (Å²) >= 11 is 0. The molecule has 2 aromatic rings. The first kappa shape index (κ1) is 10.1. The number of fused-ring (bicyclic) bond motifs is 1. The van der Waals surface area contributed by atoms with Gasteiger partial charge in [-0.25, -0.2) is 9.13 Å². The van der Waals surface area contributed by atoms with E-state index in [1.54, 1.807) is 0 Å². The second-order valence-corrected chi connectivity index (χ2v) is 4.05. The largest absolute Gasteiger partial charge is 0.257 e. The van der Waals surface area contributed by atoms with Gasteiger partial charge in [-0.2, -0.15) is 0 Å². The third-order valence-corrected chi connectivity index (χ3v) is 3.34. The molecule has 2 rings (SSSR count). The van der Waals surface area contributed by atoms with Crippen LogP contribution in [-0.2, 0) is 13.6 Å². The monoisotopic (exact) mass is 204 g/mol. The van der Waals surface area contributed by atoms with Gasteiger partial charge in [-0.1, -0.05) is 0 Å². The molecule has 0 aliphatic carbocycles. The van der Waals surface area contributed by atoms with Crippen molar-refractivity contribution in [3.05, 3.63) is 23.3 Å². The first-order valence-corrected chi connectivity index (χ1v) is 5.39. The van der Waals surface area contributed by atoms with E-state index in [4.69, 9.17) is 0 Å². The predicted molar refractivity (Wildman–Crippen MR) is 60.8 cm³/mol. The fourth-order valence-corrected chi connectivity index (χ4v) is 2.17. The van der Waals surface area contributed by atoms with Crippen molar-refractivity contribution in [1.82, 2.24) is 9.55 Å². The van der Waals surface area contributed by atoms with Crippen molar-refractivity contribution in [2.75, 3.05) is 0 Å². The minimum absolute atomic E-state index is 1.01. The van der Waals surface area contributed by atoms with Crippen molar-refractivity contribution < 1.29 is 4.57 Å². The molecule has 0 fully saturated rings. The van der Waals surface area contributed by atoms with Gasteiger partial charge in [-0.05, 0) is 20.8 Å². The van der Waals surface area contributed by atoms with E-state index in [2.05, 4.69) is 48.9 Å². The van der Waals surface area contributed by atoms with Crippen LogP contribution in [0.25, 0.3) is 11.0 Å². The number of aromatic nitrogens is 3. The quantitative estimate of drug-likeness (QED) is 0.649. The number of rotatable bonds is 1. The summed E-state index contributed by atoms with van der Waals surface area (Å²) in [6.07, 6.45) is 1.97. The number of pyridine rings is 1. The summed E-state index contributed by atoms with van der Waals surface area (Å²) in [6.45, 7) is 9.56. The Morgan fingerprint density at radius 1 is 1.33 bits per heavy atom. The van der Waals surface area contributed by atoms with E-state index in [9.17, 15) is 0 Å². The molecule has 0 atom stereocenters. The number of hydrogen-bond donors (Lipinski definition) is 0. The van der Waals surface area contributed by atoms with E-state index < -0.39 is 0 Å². The van der Waals surface area contributed by atoms with Crippen LogP contribution >= 0.6 is 0 Å². The van der Waals surface area contributed by atoms with Gasteiger partial charge in [0, 0.05) is 18.2 Å². The maximum Gasteiger partial charge on any atom is 0.254 e. The van der Waals surface area contributed by atoms with Gasteiger partial charge in [-0.3, -0.25) is 4.98 Å². The fourth-order valence-electron chi connectivity index (χ4n) is 2.17. The van der Waals surface area contributed by atoms with Crippen molar-refractivity contribution in [2.24, 2.45) is 7.05 Å². The zero-order valence-electron chi connectivity index (χ0n) is 10.1. The minimum atomic E-state index is 1.01. The van der Waals surface area contributed by atoms with E-state index in [-0.39, 0.29) is 0 Å². The molecule has 0 bridgehead atoms. The fraction of sp³-hybridized carbons (Fsp3) is 0.500. The van der Waals surface area contributed by atoms with Crippen LogP contribution in [-0.4, -0.2) is 9.55 Å². The predicted octanol–water partition coefficient (Wildman–Crippen LogP) is 1.81. The Balaban J connectivity index is 2.98. The summed E-state index contributed by atoms with van der Waals surface area (Å²) in [4.78, 5) is 4.42.